The Kier molecular flexibility index (Phi) is 3.80. The highest BCUT2D eigenvalue weighted by Crippen LogP contribution is 2.22. The molecule has 0 heterocycles. The van der Waals surface area contributed by atoms with E-state index < -0.39 is 26.7 Å². The van der Waals surface area contributed by atoms with E-state index in [9.17, 15) is 17.2 Å². The summed E-state index contributed by atoms with van der Waals surface area (Å²) in [5.41, 5.74) is 0.0235. The Morgan fingerprint density at radius 2 is 2.06 bits per heavy atom. The van der Waals surface area contributed by atoms with Crippen LogP contribution in [-0.2, 0) is 15.6 Å². The van der Waals surface area contributed by atoms with E-state index in [0.29, 0.717) is 12.5 Å². The van der Waals surface area contributed by atoms with Crippen molar-refractivity contribution >= 4 is 9.84 Å². The topological polar surface area (TPSA) is 34.1 Å². The molecule has 18 heavy (non-hydrogen) atoms. The molecule has 0 spiro atoms. The largest absolute Gasteiger partial charge is 0.228 e. The summed E-state index contributed by atoms with van der Waals surface area (Å²) in [7, 11) is -3.42. The van der Waals surface area contributed by atoms with E-state index >= 15 is 0 Å². The van der Waals surface area contributed by atoms with E-state index in [1.165, 1.54) is 6.07 Å². The van der Waals surface area contributed by atoms with Crippen LogP contribution in [0.2, 0.25) is 0 Å². The Balaban J connectivity index is 2.22. The molecule has 2 rings (SSSR count). The summed E-state index contributed by atoms with van der Waals surface area (Å²) >= 11 is 0. The fraction of sp³-hybridized carbons (Fsp3) is 0.385. The molecule has 0 amide bonds. The minimum Gasteiger partial charge on any atom is -0.228 e. The first-order chi connectivity index (χ1) is 8.49. The summed E-state index contributed by atoms with van der Waals surface area (Å²) in [6, 6.07) is 2.97. The lowest BCUT2D eigenvalue weighted by Crippen LogP contribution is -2.22. The maximum Gasteiger partial charge on any atom is 0.160 e. The zero-order valence-electron chi connectivity index (χ0n) is 9.77. The molecule has 5 heteroatoms. The lowest BCUT2D eigenvalue weighted by molar-refractivity contribution is 0.562. The first-order valence-electron chi connectivity index (χ1n) is 5.81. The minimum absolute atomic E-state index is 0.0235. The molecule has 98 valence electrons. The van der Waals surface area contributed by atoms with Crippen LogP contribution in [0.4, 0.5) is 8.78 Å². The van der Waals surface area contributed by atoms with Crippen LogP contribution in [0, 0.1) is 11.6 Å². The highest BCUT2D eigenvalue weighted by molar-refractivity contribution is 7.91. The van der Waals surface area contributed by atoms with E-state index in [-0.39, 0.29) is 11.3 Å². The molecule has 0 fully saturated rings. The Hall–Kier alpha value is -1.23. The van der Waals surface area contributed by atoms with Crippen molar-refractivity contribution in [2.75, 3.05) is 0 Å². The highest BCUT2D eigenvalue weighted by atomic mass is 32.2. The number of benzene rings is 1. The van der Waals surface area contributed by atoms with E-state index in [2.05, 4.69) is 0 Å². The van der Waals surface area contributed by atoms with Crippen molar-refractivity contribution in [3.63, 3.8) is 0 Å². The fourth-order valence-corrected chi connectivity index (χ4v) is 3.80. The minimum atomic E-state index is -3.42. The van der Waals surface area contributed by atoms with E-state index in [0.717, 1.165) is 18.9 Å². The van der Waals surface area contributed by atoms with Crippen molar-refractivity contribution in [3.8, 4) is 0 Å². The van der Waals surface area contributed by atoms with Crippen molar-refractivity contribution in [2.24, 2.45) is 0 Å². The number of hydrogen-bond acceptors (Lipinski definition) is 2. The van der Waals surface area contributed by atoms with Gasteiger partial charge in [-0.15, -0.1) is 0 Å². The number of rotatable bonds is 3. The molecule has 1 aromatic rings. The molecule has 0 radical (unpaired) electrons. The van der Waals surface area contributed by atoms with Gasteiger partial charge in [-0.2, -0.15) is 0 Å². The van der Waals surface area contributed by atoms with Crippen molar-refractivity contribution in [1.29, 1.82) is 0 Å². The summed E-state index contributed by atoms with van der Waals surface area (Å²) in [5, 5.41) is -0.546. The fourth-order valence-electron chi connectivity index (χ4n) is 2.04. The molecule has 0 aliphatic heterocycles. The van der Waals surface area contributed by atoms with Gasteiger partial charge in [0, 0.05) is 11.6 Å². The predicted molar refractivity (Wildman–Crippen MR) is 65.8 cm³/mol. The number of allylic oxidation sites excluding steroid dienone is 1. The first kappa shape index (κ1) is 13.2. The van der Waals surface area contributed by atoms with Gasteiger partial charge in [0.15, 0.2) is 9.84 Å². The van der Waals surface area contributed by atoms with Crippen LogP contribution in [-0.4, -0.2) is 13.7 Å². The van der Waals surface area contributed by atoms with Gasteiger partial charge >= 0.3 is 0 Å². The monoisotopic (exact) mass is 272 g/mol. The molecule has 1 aliphatic carbocycles. The van der Waals surface area contributed by atoms with Gasteiger partial charge in [0.05, 0.1) is 11.0 Å². The summed E-state index contributed by atoms with van der Waals surface area (Å²) in [4.78, 5) is 0. The summed E-state index contributed by atoms with van der Waals surface area (Å²) in [6.45, 7) is 0. The lowest BCUT2D eigenvalue weighted by atomic mass is 10.1. The Morgan fingerprint density at radius 3 is 2.67 bits per heavy atom. The molecule has 2 nitrogen and oxygen atoms in total. The zero-order chi connectivity index (χ0) is 13.2. The molecule has 0 saturated carbocycles. The van der Waals surface area contributed by atoms with Gasteiger partial charge in [-0.3, -0.25) is 0 Å². The maximum absolute atomic E-state index is 13.4. The zero-order valence-corrected chi connectivity index (χ0v) is 10.6. The van der Waals surface area contributed by atoms with Crippen LogP contribution in [0.25, 0.3) is 0 Å². The molecule has 1 aliphatic rings. The molecule has 0 aromatic heterocycles. The molecule has 0 bridgehead atoms. The van der Waals surface area contributed by atoms with Crippen molar-refractivity contribution in [2.45, 2.75) is 30.3 Å². The second-order valence-corrected chi connectivity index (χ2v) is 6.66. The summed E-state index contributed by atoms with van der Waals surface area (Å²) in [5.74, 6) is -1.89. The standard InChI is InChI=1S/C13H14F2O2S/c14-11-7-6-10(13(15)8-11)9-18(16,17)12-4-2-1-3-5-12/h2,4,6-8,12H,1,3,5,9H2. The predicted octanol–water partition coefficient (Wildman–Crippen LogP) is 2.99. The summed E-state index contributed by atoms with van der Waals surface area (Å²) < 4.78 is 50.3. The van der Waals surface area contributed by atoms with Crippen LogP contribution >= 0.6 is 0 Å². The van der Waals surface area contributed by atoms with Gasteiger partial charge in [0.25, 0.3) is 0 Å². The van der Waals surface area contributed by atoms with Gasteiger partial charge in [-0.05, 0) is 25.3 Å². The van der Waals surface area contributed by atoms with Crippen molar-refractivity contribution in [3.05, 3.63) is 47.5 Å². The normalized spacial score (nSPS) is 20.0. The van der Waals surface area contributed by atoms with Gasteiger partial charge in [0.2, 0.25) is 0 Å². The van der Waals surface area contributed by atoms with Crippen molar-refractivity contribution < 1.29 is 17.2 Å². The molecule has 1 aromatic carbocycles. The summed E-state index contributed by atoms with van der Waals surface area (Å²) in [6.07, 6.45) is 5.79. The third kappa shape index (κ3) is 2.96. The van der Waals surface area contributed by atoms with Crippen LogP contribution in [0.15, 0.2) is 30.4 Å². The highest BCUT2D eigenvalue weighted by Gasteiger charge is 2.25. The lowest BCUT2D eigenvalue weighted by Gasteiger charge is -2.17. The quantitative estimate of drug-likeness (QED) is 0.793. The number of halogens is 2. The van der Waals surface area contributed by atoms with Gasteiger partial charge in [-0.1, -0.05) is 18.2 Å². The molecular weight excluding hydrogens is 258 g/mol. The third-order valence-corrected chi connectivity index (χ3v) is 5.07. The van der Waals surface area contributed by atoms with Gasteiger partial charge < -0.3 is 0 Å². The molecular formula is C13H14F2O2S. The smallest absolute Gasteiger partial charge is 0.160 e. The molecule has 0 saturated heterocycles. The Bertz CT molecular complexity index is 564. The van der Waals surface area contributed by atoms with Crippen molar-refractivity contribution in [1.82, 2.24) is 0 Å². The number of hydrogen-bond donors (Lipinski definition) is 0. The number of sulfone groups is 1. The average Bonchev–Trinajstić information content (AvgIpc) is 2.34. The van der Waals surface area contributed by atoms with E-state index in [4.69, 9.17) is 0 Å². The molecule has 1 unspecified atom stereocenters. The van der Waals surface area contributed by atoms with Crippen LogP contribution < -0.4 is 0 Å². The van der Waals surface area contributed by atoms with Crippen LogP contribution in [0.5, 0.6) is 0 Å². The van der Waals surface area contributed by atoms with Crippen LogP contribution in [0.1, 0.15) is 24.8 Å². The van der Waals surface area contributed by atoms with E-state index in [1.807, 2.05) is 6.08 Å². The molecule has 1 atom stereocenters. The molecule has 0 N–H and O–H groups in total. The van der Waals surface area contributed by atoms with Crippen LogP contribution in [0.3, 0.4) is 0 Å². The maximum atomic E-state index is 13.4. The first-order valence-corrected chi connectivity index (χ1v) is 7.53. The van der Waals surface area contributed by atoms with Gasteiger partial charge in [-0.25, -0.2) is 17.2 Å². The second-order valence-electron chi connectivity index (χ2n) is 4.44. The SMILES string of the molecule is O=S(=O)(Cc1ccc(F)cc1F)C1C=CCCC1. The van der Waals surface area contributed by atoms with E-state index in [1.54, 1.807) is 6.08 Å². The van der Waals surface area contributed by atoms with Gasteiger partial charge in [0.1, 0.15) is 11.6 Å². The second kappa shape index (κ2) is 5.18. The average molecular weight is 272 g/mol. The Labute approximate surface area is 105 Å². The third-order valence-electron chi connectivity index (χ3n) is 3.04. The Morgan fingerprint density at radius 1 is 1.28 bits per heavy atom.